The third kappa shape index (κ3) is 3.29. The average Bonchev–Trinajstić information content (AvgIpc) is 3.06. The number of nitrogens with zero attached hydrogens (tertiary/aromatic N) is 2. The number of hydrogen-bond donors (Lipinski definition) is 0. The molecule has 1 heterocycles. The van der Waals surface area contributed by atoms with Crippen LogP contribution >= 0.6 is 0 Å². The zero-order valence-electron chi connectivity index (χ0n) is 12.9. The number of esters is 1. The van der Waals surface area contributed by atoms with Gasteiger partial charge in [0, 0.05) is 5.56 Å². The predicted octanol–water partition coefficient (Wildman–Crippen LogP) is 3.96. The SMILES string of the molecule is Cc1ccccc1C(=O)O[C@@H](C)c1nnc(-c2ccccc2)o1. The molecule has 5 heteroatoms. The summed E-state index contributed by atoms with van der Waals surface area (Å²) >= 11 is 0. The van der Waals surface area contributed by atoms with Gasteiger partial charge in [0.25, 0.3) is 5.89 Å². The quantitative estimate of drug-likeness (QED) is 0.682. The summed E-state index contributed by atoms with van der Waals surface area (Å²) in [6, 6.07) is 16.7. The number of carbonyl (C=O) groups is 1. The highest BCUT2D eigenvalue weighted by Gasteiger charge is 2.20. The maximum atomic E-state index is 12.2. The first-order valence-electron chi connectivity index (χ1n) is 7.30. The molecule has 0 N–H and O–H groups in total. The standard InChI is InChI=1S/C18H16N2O3/c1-12-8-6-7-11-15(12)18(21)22-13(2)16-19-20-17(23-16)14-9-4-3-5-10-14/h3-11,13H,1-2H3/t13-/m0/s1. The van der Waals surface area contributed by atoms with Crippen LogP contribution in [0.3, 0.4) is 0 Å². The van der Waals surface area contributed by atoms with Crippen molar-refractivity contribution in [3.63, 3.8) is 0 Å². The molecule has 0 aliphatic carbocycles. The summed E-state index contributed by atoms with van der Waals surface area (Å²) in [7, 11) is 0. The fourth-order valence-corrected chi connectivity index (χ4v) is 2.17. The molecule has 0 radical (unpaired) electrons. The van der Waals surface area contributed by atoms with Crippen molar-refractivity contribution >= 4 is 5.97 Å². The number of rotatable bonds is 4. The first-order valence-corrected chi connectivity index (χ1v) is 7.30. The first-order chi connectivity index (χ1) is 11.1. The van der Waals surface area contributed by atoms with Gasteiger partial charge in [0.15, 0.2) is 6.10 Å². The fourth-order valence-electron chi connectivity index (χ4n) is 2.17. The molecule has 0 unspecified atom stereocenters. The summed E-state index contributed by atoms with van der Waals surface area (Å²) in [5.74, 6) is 0.264. The molecule has 0 fully saturated rings. The van der Waals surface area contributed by atoms with Crippen molar-refractivity contribution in [3.8, 4) is 11.5 Å². The van der Waals surface area contributed by atoms with Crippen LogP contribution < -0.4 is 0 Å². The maximum Gasteiger partial charge on any atom is 0.339 e. The zero-order valence-corrected chi connectivity index (χ0v) is 12.9. The average molecular weight is 308 g/mol. The molecule has 23 heavy (non-hydrogen) atoms. The van der Waals surface area contributed by atoms with Gasteiger partial charge in [0.1, 0.15) is 0 Å². The minimum absolute atomic E-state index is 0.269. The van der Waals surface area contributed by atoms with Gasteiger partial charge in [-0.1, -0.05) is 36.4 Å². The molecule has 1 atom stereocenters. The third-order valence-corrected chi connectivity index (χ3v) is 3.46. The number of carbonyl (C=O) groups excluding carboxylic acids is 1. The molecule has 0 bridgehead atoms. The fraction of sp³-hybridized carbons (Fsp3) is 0.167. The lowest BCUT2D eigenvalue weighted by molar-refractivity contribution is 0.0279. The first kappa shape index (κ1) is 15.0. The van der Waals surface area contributed by atoms with Crippen LogP contribution in [0.25, 0.3) is 11.5 Å². The monoisotopic (exact) mass is 308 g/mol. The minimum atomic E-state index is -0.618. The van der Waals surface area contributed by atoms with E-state index in [-0.39, 0.29) is 5.89 Å². The predicted molar refractivity (Wildman–Crippen MR) is 84.7 cm³/mol. The maximum absolute atomic E-state index is 12.2. The Morgan fingerprint density at radius 2 is 1.74 bits per heavy atom. The summed E-state index contributed by atoms with van der Waals surface area (Å²) in [6.45, 7) is 3.57. The van der Waals surface area contributed by atoms with Crippen molar-refractivity contribution in [1.29, 1.82) is 0 Å². The summed E-state index contributed by atoms with van der Waals surface area (Å²) in [5.41, 5.74) is 2.21. The zero-order chi connectivity index (χ0) is 16.2. The number of aryl methyl sites for hydroxylation is 1. The van der Waals surface area contributed by atoms with E-state index in [1.54, 1.807) is 19.1 Å². The van der Waals surface area contributed by atoms with Crippen molar-refractivity contribution < 1.29 is 13.9 Å². The topological polar surface area (TPSA) is 65.2 Å². The Morgan fingerprint density at radius 3 is 2.48 bits per heavy atom. The van der Waals surface area contributed by atoms with E-state index in [1.165, 1.54) is 0 Å². The van der Waals surface area contributed by atoms with E-state index < -0.39 is 12.1 Å². The van der Waals surface area contributed by atoms with Crippen LogP contribution in [0.2, 0.25) is 0 Å². The lowest BCUT2D eigenvalue weighted by Crippen LogP contribution is -2.10. The second kappa shape index (κ2) is 6.44. The van der Waals surface area contributed by atoms with Crippen LogP contribution in [0.4, 0.5) is 0 Å². The molecule has 1 aromatic heterocycles. The summed E-state index contributed by atoms with van der Waals surface area (Å²) < 4.78 is 11.0. The molecule has 116 valence electrons. The summed E-state index contributed by atoms with van der Waals surface area (Å²) in [6.07, 6.45) is -0.618. The Morgan fingerprint density at radius 1 is 1.04 bits per heavy atom. The van der Waals surface area contributed by atoms with E-state index in [2.05, 4.69) is 10.2 Å². The van der Waals surface area contributed by atoms with Crippen molar-refractivity contribution in [2.75, 3.05) is 0 Å². The largest absolute Gasteiger partial charge is 0.449 e. The second-order valence-corrected chi connectivity index (χ2v) is 5.17. The van der Waals surface area contributed by atoms with Crippen LogP contribution in [-0.4, -0.2) is 16.2 Å². The van der Waals surface area contributed by atoms with E-state index in [0.717, 1.165) is 11.1 Å². The van der Waals surface area contributed by atoms with Crippen LogP contribution in [-0.2, 0) is 4.74 Å². The molecule has 0 amide bonds. The Hall–Kier alpha value is -2.95. The van der Waals surface area contributed by atoms with Gasteiger partial charge in [0.2, 0.25) is 5.89 Å². The normalized spacial score (nSPS) is 11.9. The van der Waals surface area contributed by atoms with Crippen molar-refractivity contribution in [2.24, 2.45) is 0 Å². The molecule has 0 aliphatic rings. The van der Waals surface area contributed by atoms with E-state index in [9.17, 15) is 4.79 Å². The molecule has 3 aromatic rings. The van der Waals surface area contributed by atoms with Crippen molar-refractivity contribution in [1.82, 2.24) is 10.2 Å². The Bertz CT molecular complexity index is 812. The molecule has 3 rings (SSSR count). The van der Waals surface area contributed by atoms with E-state index in [1.807, 2.05) is 49.4 Å². The molecule has 0 spiro atoms. The van der Waals surface area contributed by atoms with E-state index >= 15 is 0 Å². The summed E-state index contributed by atoms with van der Waals surface area (Å²) in [4.78, 5) is 12.2. The number of benzene rings is 2. The van der Waals surface area contributed by atoms with Gasteiger partial charge < -0.3 is 9.15 Å². The van der Waals surface area contributed by atoms with Crippen LogP contribution in [0.1, 0.15) is 34.8 Å². The molecule has 0 saturated heterocycles. The molecular formula is C18H16N2O3. The van der Waals surface area contributed by atoms with Gasteiger partial charge >= 0.3 is 5.97 Å². The van der Waals surface area contributed by atoms with Gasteiger partial charge in [-0.05, 0) is 37.6 Å². The van der Waals surface area contributed by atoms with Gasteiger partial charge in [-0.25, -0.2) is 4.79 Å². The highest BCUT2D eigenvalue weighted by Crippen LogP contribution is 2.23. The second-order valence-electron chi connectivity index (χ2n) is 5.17. The molecule has 5 nitrogen and oxygen atoms in total. The summed E-state index contributed by atoms with van der Waals surface area (Å²) in [5, 5.41) is 7.96. The smallest absolute Gasteiger partial charge is 0.339 e. The van der Waals surface area contributed by atoms with Gasteiger partial charge in [0.05, 0.1) is 5.56 Å². The van der Waals surface area contributed by atoms with Crippen LogP contribution in [0.5, 0.6) is 0 Å². The highest BCUT2D eigenvalue weighted by atomic mass is 16.6. The molecule has 2 aromatic carbocycles. The minimum Gasteiger partial charge on any atom is -0.449 e. The van der Waals surface area contributed by atoms with Crippen LogP contribution in [0.15, 0.2) is 59.0 Å². The number of ether oxygens (including phenoxy) is 1. The van der Waals surface area contributed by atoms with Gasteiger partial charge in [-0.3, -0.25) is 0 Å². The Labute approximate surface area is 133 Å². The van der Waals surface area contributed by atoms with Gasteiger partial charge in [-0.2, -0.15) is 0 Å². The van der Waals surface area contributed by atoms with Crippen molar-refractivity contribution in [2.45, 2.75) is 20.0 Å². The lowest BCUT2D eigenvalue weighted by Gasteiger charge is -2.10. The van der Waals surface area contributed by atoms with E-state index in [4.69, 9.17) is 9.15 Å². The highest BCUT2D eigenvalue weighted by molar-refractivity contribution is 5.91. The Balaban J connectivity index is 1.74. The van der Waals surface area contributed by atoms with Gasteiger partial charge in [-0.15, -0.1) is 10.2 Å². The molecule has 0 saturated carbocycles. The lowest BCUT2D eigenvalue weighted by atomic mass is 10.1. The molecule has 0 aliphatic heterocycles. The number of hydrogen-bond acceptors (Lipinski definition) is 5. The third-order valence-electron chi connectivity index (χ3n) is 3.46. The number of aromatic nitrogens is 2. The Kier molecular flexibility index (Phi) is 4.19. The molecular weight excluding hydrogens is 292 g/mol. The van der Waals surface area contributed by atoms with Crippen molar-refractivity contribution in [3.05, 3.63) is 71.6 Å². The van der Waals surface area contributed by atoms with E-state index in [0.29, 0.717) is 11.5 Å². The van der Waals surface area contributed by atoms with Crippen LogP contribution in [0, 0.1) is 6.92 Å².